The molecule has 0 bridgehead atoms. The highest BCUT2D eigenvalue weighted by atomic mass is 19.1. The highest BCUT2D eigenvalue weighted by molar-refractivity contribution is 5.45. The van der Waals surface area contributed by atoms with Gasteiger partial charge in [-0.25, -0.2) is 9.37 Å². The van der Waals surface area contributed by atoms with Crippen molar-refractivity contribution in [3.63, 3.8) is 0 Å². The average molecular weight is 423 g/mol. The second-order valence-electron chi connectivity index (χ2n) is 7.91. The summed E-state index contributed by atoms with van der Waals surface area (Å²) in [6.07, 6.45) is 0. The lowest BCUT2D eigenvalue weighted by molar-refractivity contribution is 0.322. The number of methoxy groups -OCH3 is 2. The standard InChI is InChI=1S/C24H26FN3O3/c1-15-26-21(11-24(29)27-15)20-14-28(12-16-5-4-6-18(25)9-16)13-19(20)17-7-8-22(30-2)23(10-17)31-3/h4-11,19-20H,12-14H2,1-3H3,(H,26,27,29)/t19-,20+/m0/s1. The summed E-state index contributed by atoms with van der Waals surface area (Å²) in [5, 5.41) is 0. The molecule has 3 aromatic rings. The molecule has 2 atom stereocenters. The Hall–Kier alpha value is -3.19. The Morgan fingerprint density at radius 2 is 1.84 bits per heavy atom. The fourth-order valence-electron chi connectivity index (χ4n) is 4.42. The monoisotopic (exact) mass is 423 g/mol. The molecule has 1 saturated heterocycles. The van der Waals surface area contributed by atoms with Gasteiger partial charge in [0.05, 0.1) is 19.9 Å². The zero-order valence-electron chi connectivity index (χ0n) is 17.9. The number of aryl methyl sites for hydroxylation is 1. The van der Waals surface area contributed by atoms with Crippen molar-refractivity contribution in [1.82, 2.24) is 14.9 Å². The van der Waals surface area contributed by atoms with Crippen LogP contribution in [-0.2, 0) is 6.54 Å². The highest BCUT2D eigenvalue weighted by Crippen LogP contribution is 2.41. The van der Waals surface area contributed by atoms with Gasteiger partial charge in [0.1, 0.15) is 11.6 Å². The first-order valence-corrected chi connectivity index (χ1v) is 10.2. The van der Waals surface area contributed by atoms with Crippen molar-refractivity contribution in [1.29, 1.82) is 0 Å². The molecule has 1 fully saturated rings. The van der Waals surface area contributed by atoms with Gasteiger partial charge in [-0.1, -0.05) is 18.2 Å². The van der Waals surface area contributed by atoms with E-state index in [1.165, 1.54) is 6.07 Å². The van der Waals surface area contributed by atoms with Crippen molar-refractivity contribution in [2.24, 2.45) is 0 Å². The van der Waals surface area contributed by atoms with Crippen LogP contribution in [0.5, 0.6) is 11.5 Å². The first-order valence-electron chi connectivity index (χ1n) is 10.2. The van der Waals surface area contributed by atoms with E-state index in [1.54, 1.807) is 39.3 Å². The third-order valence-electron chi connectivity index (χ3n) is 5.79. The van der Waals surface area contributed by atoms with E-state index < -0.39 is 0 Å². The summed E-state index contributed by atoms with van der Waals surface area (Å²) in [4.78, 5) is 21.7. The summed E-state index contributed by atoms with van der Waals surface area (Å²) in [7, 11) is 3.23. The summed E-state index contributed by atoms with van der Waals surface area (Å²) >= 11 is 0. The lowest BCUT2D eigenvalue weighted by Crippen LogP contribution is -2.21. The van der Waals surface area contributed by atoms with Gasteiger partial charge in [0.25, 0.3) is 5.56 Å². The normalized spacial score (nSPS) is 18.8. The van der Waals surface area contributed by atoms with E-state index in [0.29, 0.717) is 30.4 Å². The Morgan fingerprint density at radius 3 is 2.55 bits per heavy atom. The molecule has 2 aromatic carbocycles. The Balaban J connectivity index is 1.69. The summed E-state index contributed by atoms with van der Waals surface area (Å²) in [6, 6.07) is 14.2. The molecular weight excluding hydrogens is 397 g/mol. The minimum Gasteiger partial charge on any atom is -0.493 e. The molecule has 162 valence electrons. The summed E-state index contributed by atoms with van der Waals surface area (Å²) in [5.41, 5.74) is 2.62. The van der Waals surface area contributed by atoms with Gasteiger partial charge in [0, 0.05) is 37.5 Å². The number of hydrogen-bond acceptors (Lipinski definition) is 5. The zero-order chi connectivity index (χ0) is 22.0. The summed E-state index contributed by atoms with van der Waals surface area (Å²) in [5.74, 6) is 1.81. The molecule has 1 aliphatic rings. The molecule has 4 rings (SSSR count). The topological polar surface area (TPSA) is 67.5 Å². The average Bonchev–Trinajstić information content (AvgIpc) is 3.16. The van der Waals surface area contributed by atoms with Gasteiger partial charge in [-0.3, -0.25) is 9.69 Å². The number of hydrogen-bond donors (Lipinski definition) is 1. The van der Waals surface area contributed by atoms with E-state index in [-0.39, 0.29) is 23.2 Å². The molecule has 0 amide bonds. The Kier molecular flexibility index (Phi) is 6.04. The second kappa shape index (κ2) is 8.89. The van der Waals surface area contributed by atoms with Crippen LogP contribution in [0.2, 0.25) is 0 Å². The number of halogens is 1. The Morgan fingerprint density at radius 1 is 1.06 bits per heavy atom. The highest BCUT2D eigenvalue weighted by Gasteiger charge is 2.36. The molecule has 1 N–H and O–H groups in total. The van der Waals surface area contributed by atoms with Crippen LogP contribution in [0.1, 0.15) is 34.5 Å². The molecule has 0 radical (unpaired) electrons. The number of benzene rings is 2. The largest absolute Gasteiger partial charge is 0.493 e. The molecule has 0 aliphatic carbocycles. The molecular formula is C24H26FN3O3. The van der Waals surface area contributed by atoms with E-state index in [4.69, 9.17) is 9.47 Å². The van der Waals surface area contributed by atoms with Gasteiger partial charge in [-0.2, -0.15) is 0 Å². The number of ether oxygens (including phenoxy) is 2. The Bertz CT molecular complexity index is 1130. The van der Waals surface area contributed by atoms with Gasteiger partial charge in [0.15, 0.2) is 11.5 Å². The molecule has 2 heterocycles. The zero-order valence-corrected chi connectivity index (χ0v) is 17.9. The number of nitrogens with one attached hydrogen (secondary N) is 1. The van der Waals surface area contributed by atoms with Crippen LogP contribution in [0.4, 0.5) is 4.39 Å². The van der Waals surface area contributed by atoms with Crippen LogP contribution < -0.4 is 15.0 Å². The molecule has 7 heteroatoms. The van der Waals surface area contributed by atoms with Crippen LogP contribution >= 0.6 is 0 Å². The maximum absolute atomic E-state index is 13.7. The van der Waals surface area contributed by atoms with Crippen LogP contribution in [-0.4, -0.2) is 42.2 Å². The second-order valence-corrected chi connectivity index (χ2v) is 7.91. The van der Waals surface area contributed by atoms with E-state index in [2.05, 4.69) is 14.9 Å². The molecule has 0 unspecified atom stereocenters. The lowest BCUT2D eigenvalue weighted by atomic mass is 9.86. The van der Waals surface area contributed by atoms with Crippen molar-refractivity contribution < 1.29 is 13.9 Å². The number of aromatic nitrogens is 2. The molecule has 1 aliphatic heterocycles. The van der Waals surface area contributed by atoms with E-state index in [0.717, 1.165) is 23.4 Å². The fraction of sp³-hybridized carbons (Fsp3) is 0.333. The van der Waals surface area contributed by atoms with Gasteiger partial charge in [-0.15, -0.1) is 0 Å². The first-order chi connectivity index (χ1) is 15.0. The third kappa shape index (κ3) is 4.61. The summed E-state index contributed by atoms with van der Waals surface area (Å²) in [6.45, 7) is 3.88. The SMILES string of the molecule is COc1ccc([C@@H]2CN(Cc3cccc(F)c3)C[C@H]2c2cc(=O)[nH]c(C)n2)cc1OC. The van der Waals surface area contributed by atoms with E-state index in [9.17, 15) is 9.18 Å². The van der Waals surface area contributed by atoms with Crippen LogP contribution in [0.15, 0.2) is 53.3 Å². The van der Waals surface area contributed by atoms with Crippen molar-refractivity contribution in [2.75, 3.05) is 27.3 Å². The molecule has 1 aromatic heterocycles. The van der Waals surface area contributed by atoms with Crippen LogP contribution in [0.3, 0.4) is 0 Å². The number of aromatic amines is 1. The van der Waals surface area contributed by atoms with E-state index in [1.807, 2.05) is 24.3 Å². The summed E-state index contributed by atoms with van der Waals surface area (Å²) < 4.78 is 24.6. The maximum Gasteiger partial charge on any atom is 0.251 e. The van der Waals surface area contributed by atoms with Gasteiger partial charge in [0.2, 0.25) is 0 Å². The Labute approximate surface area is 180 Å². The predicted octanol–water partition coefficient (Wildman–Crippen LogP) is 3.62. The van der Waals surface area contributed by atoms with Crippen molar-refractivity contribution in [2.45, 2.75) is 25.3 Å². The van der Waals surface area contributed by atoms with Crippen molar-refractivity contribution >= 4 is 0 Å². The van der Waals surface area contributed by atoms with Crippen molar-refractivity contribution in [3.05, 3.63) is 87.3 Å². The molecule has 31 heavy (non-hydrogen) atoms. The molecule has 0 spiro atoms. The number of likely N-dealkylation sites (tertiary alicyclic amines) is 1. The maximum atomic E-state index is 13.7. The number of nitrogens with zero attached hydrogens (tertiary/aromatic N) is 2. The minimum absolute atomic E-state index is 0.0210. The van der Waals surface area contributed by atoms with Gasteiger partial charge in [-0.05, 0) is 42.3 Å². The van der Waals surface area contributed by atoms with E-state index >= 15 is 0 Å². The number of H-pyrrole nitrogens is 1. The van der Waals surface area contributed by atoms with Gasteiger partial charge < -0.3 is 14.5 Å². The van der Waals surface area contributed by atoms with Crippen LogP contribution in [0, 0.1) is 12.7 Å². The molecule has 0 saturated carbocycles. The molecule has 6 nitrogen and oxygen atoms in total. The van der Waals surface area contributed by atoms with Crippen molar-refractivity contribution in [3.8, 4) is 11.5 Å². The fourth-order valence-corrected chi connectivity index (χ4v) is 4.42. The quantitative estimate of drug-likeness (QED) is 0.656. The lowest BCUT2D eigenvalue weighted by Gasteiger charge is -2.20. The number of rotatable bonds is 6. The third-order valence-corrected chi connectivity index (χ3v) is 5.79. The minimum atomic E-state index is -0.239. The van der Waals surface area contributed by atoms with Gasteiger partial charge >= 0.3 is 0 Å². The first kappa shape index (κ1) is 21.1. The van der Waals surface area contributed by atoms with Crippen LogP contribution in [0.25, 0.3) is 0 Å². The predicted molar refractivity (Wildman–Crippen MR) is 116 cm³/mol. The smallest absolute Gasteiger partial charge is 0.251 e.